The smallest absolute Gasteiger partial charge is 0.247 e. The highest BCUT2D eigenvalue weighted by Gasteiger charge is 2.24. The molecule has 1 unspecified atom stereocenters. The van der Waals surface area contributed by atoms with Crippen LogP contribution in [0, 0.1) is 20.8 Å². The van der Waals surface area contributed by atoms with Gasteiger partial charge >= 0.3 is 0 Å². The van der Waals surface area contributed by atoms with Gasteiger partial charge in [0.15, 0.2) is 13.6 Å². The molecule has 0 aromatic heterocycles. The van der Waals surface area contributed by atoms with Crippen molar-refractivity contribution in [1.82, 2.24) is 0 Å². The summed E-state index contributed by atoms with van der Waals surface area (Å²) >= 11 is 0. The Labute approximate surface area is 184 Å². The molecule has 0 amide bonds. The van der Waals surface area contributed by atoms with Gasteiger partial charge < -0.3 is 5.11 Å². The van der Waals surface area contributed by atoms with Gasteiger partial charge in [0.1, 0.15) is 5.60 Å². The minimum absolute atomic E-state index is 0.247. The first kappa shape index (κ1) is 24.3. The second-order valence-electron chi connectivity index (χ2n) is 7.96. The van der Waals surface area contributed by atoms with Crippen molar-refractivity contribution in [2.45, 2.75) is 40.2 Å². The van der Waals surface area contributed by atoms with Crippen LogP contribution >= 0.6 is 7.80 Å². The lowest BCUT2D eigenvalue weighted by Gasteiger charge is -2.14. The molecule has 1 radical (unpaired) electrons. The third-order valence-electron chi connectivity index (χ3n) is 4.66. The van der Waals surface area contributed by atoms with Crippen LogP contribution in [0.3, 0.4) is 0 Å². The zero-order chi connectivity index (χ0) is 23.2. The standard InChI is InChI=1S/C16H16O2P.C10H12O2/c1-11-9-12(2)15(13(3)10-11)16(17)19(18)14-7-5-4-6-8-14;1-10(2,12)9(11)8-6-4-3-5-7-8/h4-10H,1-3H3;3-7,12H,1-2H3. The number of Topliss-reactive ketones (excluding diaryl/α,β-unsaturated/α-hetero) is 1. The average Bonchev–Trinajstić information content (AvgIpc) is 2.73. The summed E-state index contributed by atoms with van der Waals surface area (Å²) in [4.78, 5) is 23.8. The van der Waals surface area contributed by atoms with Crippen LogP contribution in [0.25, 0.3) is 0 Å². The van der Waals surface area contributed by atoms with Gasteiger partial charge in [-0.15, -0.1) is 0 Å². The molecule has 0 saturated carbocycles. The van der Waals surface area contributed by atoms with Crippen molar-refractivity contribution in [3.8, 4) is 0 Å². The van der Waals surface area contributed by atoms with Crippen molar-refractivity contribution in [2.24, 2.45) is 0 Å². The molecule has 1 atom stereocenters. The SMILES string of the molecule is CC(C)(O)C(=O)c1ccccc1.Cc1cc(C)c(C(=O)[P](=O)c2ccccc2)c(C)c1. The summed E-state index contributed by atoms with van der Waals surface area (Å²) in [7, 11) is -2.04. The van der Waals surface area contributed by atoms with Crippen LogP contribution in [0.5, 0.6) is 0 Å². The van der Waals surface area contributed by atoms with Gasteiger partial charge in [-0.3, -0.25) is 14.2 Å². The van der Waals surface area contributed by atoms with E-state index in [0.717, 1.165) is 16.7 Å². The average molecular weight is 435 g/mol. The Balaban J connectivity index is 0.000000245. The molecule has 0 bridgehead atoms. The van der Waals surface area contributed by atoms with E-state index in [1.807, 2.05) is 45.0 Å². The van der Waals surface area contributed by atoms with Crippen molar-refractivity contribution >= 4 is 24.4 Å². The molecule has 0 aliphatic rings. The van der Waals surface area contributed by atoms with Gasteiger partial charge in [-0.2, -0.15) is 0 Å². The van der Waals surface area contributed by atoms with Gasteiger partial charge in [-0.25, -0.2) is 0 Å². The van der Waals surface area contributed by atoms with E-state index in [1.54, 1.807) is 48.5 Å². The predicted molar refractivity (Wildman–Crippen MR) is 126 cm³/mol. The van der Waals surface area contributed by atoms with Gasteiger partial charge in [0, 0.05) is 16.4 Å². The Bertz CT molecular complexity index is 1060. The second kappa shape index (κ2) is 10.4. The van der Waals surface area contributed by atoms with Crippen molar-refractivity contribution in [3.63, 3.8) is 0 Å². The molecule has 161 valence electrons. The van der Waals surface area contributed by atoms with Crippen molar-refractivity contribution in [2.75, 3.05) is 0 Å². The van der Waals surface area contributed by atoms with Crippen molar-refractivity contribution < 1.29 is 19.3 Å². The number of hydrogen-bond acceptors (Lipinski definition) is 4. The molecule has 0 saturated heterocycles. The number of hydrogen-bond donors (Lipinski definition) is 1. The summed E-state index contributed by atoms with van der Waals surface area (Å²) in [5.74, 6) is -0.247. The molecule has 3 rings (SSSR count). The fourth-order valence-corrected chi connectivity index (χ4v) is 4.48. The van der Waals surface area contributed by atoms with Gasteiger partial charge in [0.05, 0.1) is 0 Å². The van der Waals surface area contributed by atoms with E-state index >= 15 is 0 Å². The molecule has 3 aromatic carbocycles. The fourth-order valence-electron chi connectivity index (χ4n) is 3.24. The van der Waals surface area contributed by atoms with Crippen LogP contribution in [0.1, 0.15) is 51.3 Å². The summed E-state index contributed by atoms with van der Waals surface area (Å²) in [6.07, 6.45) is 0. The Kier molecular flexibility index (Phi) is 8.15. The maximum atomic E-state index is 12.4. The number of aliphatic hydroxyl groups is 1. The summed E-state index contributed by atoms with van der Waals surface area (Å²) in [6.45, 7) is 8.75. The Morgan fingerprint density at radius 1 is 0.806 bits per heavy atom. The second-order valence-corrected chi connectivity index (χ2v) is 9.47. The Morgan fingerprint density at radius 2 is 1.26 bits per heavy atom. The number of aryl methyl sites for hydroxylation is 3. The number of ketones is 1. The van der Waals surface area contributed by atoms with E-state index in [4.69, 9.17) is 0 Å². The summed E-state index contributed by atoms with van der Waals surface area (Å²) in [5, 5.41) is 9.98. The maximum Gasteiger partial charge on any atom is 0.247 e. The van der Waals surface area contributed by atoms with Gasteiger partial charge in [-0.1, -0.05) is 66.2 Å². The predicted octanol–water partition coefficient (Wildman–Crippen LogP) is 5.55. The van der Waals surface area contributed by atoms with E-state index in [9.17, 15) is 19.3 Å². The first-order valence-corrected chi connectivity index (χ1v) is 11.2. The Hall–Kier alpha value is -2.94. The van der Waals surface area contributed by atoms with Crippen molar-refractivity contribution in [3.05, 3.63) is 101 Å². The minimum atomic E-state index is -2.04. The molecule has 1 N–H and O–H groups in total. The van der Waals surface area contributed by atoms with E-state index < -0.39 is 13.4 Å². The third kappa shape index (κ3) is 6.52. The van der Waals surface area contributed by atoms with Gasteiger partial charge in [0.25, 0.3) is 0 Å². The number of carbonyl (C=O) groups excluding carboxylic acids is 2. The van der Waals surface area contributed by atoms with E-state index in [0.29, 0.717) is 16.4 Å². The summed E-state index contributed by atoms with van der Waals surface area (Å²) in [5.41, 5.74) is 2.48. The highest BCUT2D eigenvalue weighted by molar-refractivity contribution is 7.71. The quantitative estimate of drug-likeness (QED) is 0.422. The molecule has 31 heavy (non-hydrogen) atoms. The summed E-state index contributed by atoms with van der Waals surface area (Å²) < 4.78 is 12.3. The number of carbonyl (C=O) groups is 2. The zero-order valence-corrected chi connectivity index (χ0v) is 19.4. The normalized spacial score (nSPS) is 11.2. The number of rotatable bonds is 5. The minimum Gasteiger partial charge on any atom is -0.382 e. The van der Waals surface area contributed by atoms with E-state index in [2.05, 4.69) is 0 Å². The molecule has 0 fully saturated rings. The first-order chi connectivity index (χ1) is 14.5. The fraction of sp³-hybridized carbons (Fsp3) is 0.231. The van der Waals surface area contributed by atoms with Crippen LogP contribution in [-0.4, -0.2) is 22.0 Å². The molecule has 5 heteroatoms. The third-order valence-corrected chi connectivity index (χ3v) is 6.02. The highest BCUT2D eigenvalue weighted by atomic mass is 31.1. The lowest BCUT2D eigenvalue weighted by molar-refractivity contribution is 0.0488. The maximum absolute atomic E-state index is 12.4. The number of benzene rings is 3. The van der Waals surface area contributed by atoms with Crippen LogP contribution in [0.2, 0.25) is 0 Å². The van der Waals surface area contributed by atoms with E-state index in [-0.39, 0.29) is 11.3 Å². The lowest BCUT2D eigenvalue weighted by Crippen LogP contribution is -2.30. The lowest BCUT2D eigenvalue weighted by atomic mass is 9.97. The van der Waals surface area contributed by atoms with Crippen LogP contribution < -0.4 is 5.30 Å². The van der Waals surface area contributed by atoms with Gasteiger partial charge in [-0.05, 0) is 57.9 Å². The molecular weight excluding hydrogens is 407 g/mol. The molecule has 0 aliphatic carbocycles. The molecule has 0 spiro atoms. The topological polar surface area (TPSA) is 71.4 Å². The van der Waals surface area contributed by atoms with E-state index in [1.165, 1.54) is 13.8 Å². The monoisotopic (exact) mass is 435 g/mol. The van der Waals surface area contributed by atoms with Crippen molar-refractivity contribution in [1.29, 1.82) is 0 Å². The Morgan fingerprint density at radius 3 is 1.71 bits per heavy atom. The molecule has 0 heterocycles. The van der Waals surface area contributed by atoms with Crippen LogP contribution in [0.15, 0.2) is 72.8 Å². The van der Waals surface area contributed by atoms with Crippen LogP contribution in [-0.2, 0) is 4.57 Å². The summed E-state index contributed by atoms with van der Waals surface area (Å²) in [6, 6.07) is 21.6. The first-order valence-electron chi connectivity index (χ1n) is 9.99. The van der Waals surface area contributed by atoms with Gasteiger partial charge in [0.2, 0.25) is 5.52 Å². The highest BCUT2D eigenvalue weighted by Crippen LogP contribution is 2.30. The molecule has 0 aliphatic heterocycles. The molecule has 4 nitrogen and oxygen atoms in total. The van der Waals surface area contributed by atoms with Crippen LogP contribution in [0.4, 0.5) is 0 Å². The zero-order valence-electron chi connectivity index (χ0n) is 18.5. The molecule has 3 aromatic rings. The molecular formula is C26H28O4P. The largest absolute Gasteiger partial charge is 0.382 e.